The fourth-order valence-corrected chi connectivity index (χ4v) is 4.97. The molecule has 2 fully saturated rings. The van der Waals surface area contributed by atoms with Crippen LogP contribution >= 0.6 is 0 Å². The lowest BCUT2D eigenvalue weighted by Gasteiger charge is -2.51. The van der Waals surface area contributed by atoms with Gasteiger partial charge < -0.3 is 5.32 Å². The maximum atomic E-state index is 5.30. The Morgan fingerprint density at radius 2 is 1.81 bits per heavy atom. The number of hydrogen-bond donors (Lipinski definition) is 2. The highest BCUT2D eigenvalue weighted by molar-refractivity contribution is 5.93. The fraction of sp³-hybridized carbons (Fsp3) is 0.696. The van der Waals surface area contributed by atoms with Crippen molar-refractivity contribution in [3.8, 4) is 0 Å². The molecule has 0 amide bonds. The summed E-state index contributed by atoms with van der Waals surface area (Å²) >= 11 is 0. The van der Waals surface area contributed by atoms with E-state index in [9.17, 15) is 0 Å². The zero-order chi connectivity index (χ0) is 18.9. The Bertz CT molecular complexity index is 653. The van der Waals surface area contributed by atoms with Crippen molar-refractivity contribution in [2.75, 3.05) is 13.1 Å². The molecule has 2 aliphatic heterocycles. The third-order valence-corrected chi connectivity index (χ3v) is 6.39. The topological polar surface area (TPSA) is 39.7 Å². The van der Waals surface area contributed by atoms with E-state index in [1.165, 1.54) is 37.1 Å². The first-order valence-corrected chi connectivity index (χ1v) is 10.8. The van der Waals surface area contributed by atoms with Crippen LogP contribution in [0.1, 0.15) is 64.9 Å². The molecule has 3 aliphatic rings. The van der Waals surface area contributed by atoms with E-state index in [1.807, 2.05) is 0 Å². The van der Waals surface area contributed by atoms with Gasteiger partial charge in [-0.2, -0.15) is 0 Å². The molecule has 1 aliphatic carbocycles. The lowest BCUT2D eigenvalue weighted by Crippen LogP contribution is -2.70. The molecule has 2 N–H and O–H groups in total. The molecule has 1 spiro atoms. The van der Waals surface area contributed by atoms with Gasteiger partial charge in [0.1, 0.15) is 5.84 Å². The molecule has 0 aromatic heterocycles. The largest absolute Gasteiger partial charge is 0.368 e. The number of benzene rings is 1. The zero-order valence-electron chi connectivity index (χ0n) is 17.3. The Hall–Kier alpha value is -1.39. The Kier molecular flexibility index (Phi) is 5.30. The second kappa shape index (κ2) is 7.56. The van der Waals surface area contributed by atoms with E-state index in [0.717, 1.165) is 32.5 Å². The van der Waals surface area contributed by atoms with Crippen molar-refractivity contribution in [2.24, 2.45) is 4.99 Å². The lowest BCUT2D eigenvalue weighted by atomic mass is 9.78. The quantitative estimate of drug-likeness (QED) is 0.836. The Morgan fingerprint density at radius 1 is 1.11 bits per heavy atom. The van der Waals surface area contributed by atoms with Crippen molar-refractivity contribution in [1.29, 1.82) is 0 Å². The van der Waals surface area contributed by atoms with Crippen molar-refractivity contribution >= 4 is 5.84 Å². The number of likely N-dealkylation sites (tertiary alicyclic amines) is 1. The Morgan fingerprint density at radius 3 is 2.52 bits per heavy atom. The van der Waals surface area contributed by atoms with Crippen LogP contribution in [-0.4, -0.2) is 47.0 Å². The van der Waals surface area contributed by atoms with Gasteiger partial charge in [0.15, 0.2) is 0 Å². The molecule has 1 aromatic rings. The first-order chi connectivity index (χ1) is 12.9. The summed E-state index contributed by atoms with van der Waals surface area (Å²) < 4.78 is 0. The van der Waals surface area contributed by atoms with Crippen LogP contribution in [0.5, 0.6) is 0 Å². The van der Waals surface area contributed by atoms with Crippen molar-refractivity contribution in [3.63, 3.8) is 0 Å². The second-order valence-corrected chi connectivity index (χ2v) is 9.80. The van der Waals surface area contributed by atoms with Crippen molar-refractivity contribution in [3.05, 3.63) is 35.9 Å². The standard InChI is InChI=1S/C23H36N4/c1-22(2,3)26-21-23(25-20-12-8-7-11-19(20)24-21)13-15-27(16-14-23)17-18-9-5-4-6-10-18/h4-6,9-10,19-20,25H,7-8,11-17H2,1-3H3,(H,24,26)/t19-,20-/m0/s1. The first kappa shape index (κ1) is 18.9. The van der Waals surface area contributed by atoms with Gasteiger partial charge in [-0.3, -0.25) is 15.2 Å². The summed E-state index contributed by atoms with van der Waals surface area (Å²) in [5.74, 6) is 1.23. The number of piperidine rings is 1. The van der Waals surface area contributed by atoms with Gasteiger partial charge in [0, 0.05) is 31.2 Å². The van der Waals surface area contributed by atoms with Crippen LogP contribution in [0.4, 0.5) is 0 Å². The Balaban J connectivity index is 1.49. The van der Waals surface area contributed by atoms with E-state index >= 15 is 0 Å². The van der Waals surface area contributed by atoms with Crippen LogP contribution in [0.3, 0.4) is 0 Å². The highest BCUT2D eigenvalue weighted by atomic mass is 15.2. The average molecular weight is 369 g/mol. The SMILES string of the molecule is CC(C)(C)NC1=N[C@H]2CCCC[C@@H]2NC12CCN(Cc1ccccc1)CC2. The van der Waals surface area contributed by atoms with Gasteiger partial charge in [0.25, 0.3) is 0 Å². The molecule has 2 atom stereocenters. The van der Waals surface area contributed by atoms with E-state index in [1.54, 1.807) is 0 Å². The van der Waals surface area contributed by atoms with E-state index < -0.39 is 0 Å². The number of amidine groups is 1. The normalized spacial score (nSPS) is 28.5. The molecule has 148 valence electrons. The minimum atomic E-state index is 0.0406. The summed E-state index contributed by atoms with van der Waals surface area (Å²) in [6, 6.07) is 11.9. The number of fused-ring (bicyclic) bond motifs is 1. The molecule has 0 unspecified atom stereocenters. The van der Waals surface area contributed by atoms with Crippen LogP contribution < -0.4 is 10.6 Å². The molecule has 4 rings (SSSR count). The minimum absolute atomic E-state index is 0.0406. The van der Waals surface area contributed by atoms with Gasteiger partial charge in [-0.15, -0.1) is 0 Å². The molecular formula is C23H36N4. The molecule has 2 heterocycles. The maximum Gasteiger partial charge on any atom is 0.118 e. The molecular weight excluding hydrogens is 332 g/mol. The molecule has 1 aromatic carbocycles. The summed E-state index contributed by atoms with van der Waals surface area (Å²) in [5, 5.41) is 7.89. The minimum Gasteiger partial charge on any atom is -0.368 e. The van der Waals surface area contributed by atoms with Gasteiger partial charge in [-0.1, -0.05) is 43.2 Å². The second-order valence-electron chi connectivity index (χ2n) is 9.80. The smallest absolute Gasteiger partial charge is 0.118 e. The monoisotopic (exact) mass is 368 g/mol. The van der Waals surface area contributed by atoms with Gasteiger partial charge in [0.05, 0.1) is 11.6 Å². The first-order valence-electron chi connectivity index (χ1n) is 10.8. The maximum absolute atomic E-state index is 5.30. The summed E-state index contributed by atoms with van der Waals surface area (Å²) in [6.07, 6.45) is 7.49. The van der Waals surface area contributed by atoms with E-state index in [-0.39, 0.29) is 11.1 Å². The van der Waals surface area contributed by atoms with Crippen LogP contribution in [-0.2, 0) is 6.54 Å². The number of aliphatic imine (C=N–C) groups is 1. The van der Waals surface area contributed by atoms with Crippen molar-refractivity contribution in [2.45, 2.75) is 89.0 Å². The summed E-state index contributed by atoms with van der Waals surface area (Å²) in [5.41, 5.74) is 1.51. The third kappa shape index (κ3) is 4.38. The summed E-state index contributed by atoms with van der Waals surface area (Å²) in [6.45, 7) is 10.1. The number of rotatable bonds is 2. The molecule has 0 bridgehead atoms. The van der Waals surface area contributed by atoms with Crippen LogP contribution in [0.15, 0.2) is 35.3 Å². The van der Waals surface area contributed by atoms with Gasteiger partial charge >= 0.3 is 0 Å². The predicted molar refractivity (Wildman–Crippen MR) is 113 cm³/mol. The number of hydrogen-bond acceptors (Lipinski definition) is 4. The molecule has 0 radical (unpaired) electrons. The molecule has 4 heteroatoms. The fourth-order valence-electron chi connectivity index (χ4n) is 4.97. The highest BCUT2D eigenvalue weighted by Crippen LogP contribution is 2.34. The van der Waals surface area contributed by atoms with Crippen molar-refractivity contribution in [1.82, 2.24) is 15.5 Å². The third-order valence-electron chi connectivity index (χ3n) is 6.39. The van der Waals surface area contributed by atoms with E-state index in [2.05, 4.69) is 66.6 Å². The van der Waals surface area contributed by atoms with Crippen LogP contribution in [0.25, 0.3) is 0 Å². The highest BCUT2D eigenvalue weighted by Gasteiger charge is 2.46. The Labute approximate surface area is 164 Å². The van der Waals surface area contributed by atoms with Crippen LogP contribution in [0, 0.1) is 0 Å². The van der Waals surface area contributed by atoms with Crippen molar-refractivity contribution < 1.29 is 0 Å². The predicted octanol–water partition coefficient (Wildman–Crippen LogP) is 3.72. The summed E-state index contributed by atoms with van der Waals surface area (Å²) in [4.78, 5) is 7.90. The van der Waals surface area contributed by atoms with Gasteiger partial charge in [0.2, 0.25) is 0 Å². The van der Waals surface area contributed by atoms with Gasteiger partial charge in [-0.25, -0.2) is 0 Å². The molecule has 1 saturated heterocycles. The number of nitrogens with zero attached hydrogens (tertiary/aromatic N) is 2. The van der Waals surface area contributed by atoms with Gasteiger partial charge in [-0.05, 0) is 52.0 Å². The average Bonchev–Trinajstić information content (AvgIpc) is 2.64. The summed E-state index contributed by atoms with van der Waals surface area (Å²) in [7, 11) is 0. The molecule has 1 saturated carbocycles. The van der Waals surface area contributed by atoms with Crippen LogP contribution in [0.2, 0.25) is 0 Å². The van der Waals surface area contributed by atoms with E-state index in [0.29, 0.717) is 12.1 Å². The zero-order valence-corrected chi connectivity index (χ0v) is 17.3. The number of nitrogens with one attached hydrogen (secondary N) is 2. The lowest BCUT2D eigenvalue weighted by molar-refractivity contribution is 0.135. The van der Waals surface area contributed by atoms with E-state index in [4.69, 9.17) is 4.99 Å². The molecule has 27 heavy (non-hydrogen) atoms. The molecule has 4 nitrogen and oxygen atoms in total.